The van der Waals surface area contributed by atoms with Gasteiger partial charge in [0.25, 0.3) is 0 Å². The van der Waals surface area contributed by atoms with Crippen LogP contribution in [0.25, 0.3) is 0 Å². The SMILES string of the molecule is COc1ccc(F)cc1[C@H](N)C1CCCC1.Cl. The molecule has 1 aliphatic carbocycles. The second-order valence-corrected chi connectivity index (χ2v) is 4.46. The second-order valence-electron chi connectivity index (χ2n) is 4.46. The average molecular weight is 260 g/mol. The molecule has 0 aromatic heterocycles. The summed E-state index contributed by atoms with van der Waals surface area (Å²) in [5.74, 6) is 0.917. The molecular weight excluding hydrogens is 241 g/mol. The van der Waals surface area contributed by atoms with Gasteiger partial charge in [-0.05, 0) is 37.0 Å². The van der Waals surface area contributed by atoms with Crippen LogP contribution in [0.4, 0.5) is 4.39 Å². The van der Waals surface area contributed by atoms with Gasteiger partial charge in [-0.1, -0.05) is 12.8 Å². The maximum absolute atomic E-state index is 13.2. The molecule has 0 radical (unpaired) electrons. The van der Waals surface area contributed by atoms with Crippen molar-refractivity contribution >= 4 is 12.4 Å². The molecule has 2 rings (SSSR count). The molecule has 1 aromatic rings. The molecule has 17 heavy (non-hydrogen) atoms. The van der Waals surface area contributed by atoms with Gasteiger partial charge in [0.05, 0.1) is 7.11 Å². The van der Waals surface area contributed by atoms with Crippen LogP contribution in [0.3, 0.4) is 0 Å². The first kappa shape index (κ1) is 14.3. The van der Waals surface area contributed by atoms with Gasteiger partial charge in [-0.2, -0.15) is 0 Å². The molecule has 1 aromatic carbocycles. The summed E-state index contributed by atoms with van der Waals surface area (Å²) in [6.45, 7) is 0. The molecule has 0 heterocycles. The topological polar surface area (TPSA) is 35.2 Å². The molecular formula is C13H19ClFNO. The monoisotopic (exact) mass is 259 g/mol. The van der Waals surface area contributed by atoms with E-state index in [9.17, 15) is 4.39 Å². The van der Waals surface area contributed by atoms with E-state index in [0.29, 0.717) is 11.7 Å². The number of rotatable bonds is 3. The molecule has 2 N–H and O–H groups in total. The van der Waals surface area contributed by atoms with Crippen molar-refractivity contribution in [3.05, 3.63) is 29.6 Å². The summed E-state index contributed by atoms with van der Waals surface area (Å²) in [6, 6.07) is 4.46. The predicted molar refractivity (Wildman–Crippen MR) is 69.1 cm³/mol. The first-order valence-corrected chi connectivity index (χ1v) is 5.81. The summed E-state index contributed by atoms with van der Waals surface area (Å²) < 4.78 is 18.5. The average Bonchev–Trinajstić information content (AvgIpc) is 2.81. The highest BCUT2D eigenvalue weighted by Gasteiger charge is 2.25. The van der Waals surface area contributed by atoms with Gasteiger partial charge in [-0.15, -0.1) is 12.4 Å². The summed E-state index contributed by atoms with van der Waals surface area (Å²) in [6.07, 6.45) is 4.74. The lowest BCUT2D eigenvalue weighted by atomic mass is 9.92. The molecule has 0 bridgehead atoms. The van der Waals surface area contributed by atoms with Crippen molar-refractivity contribution in [3.8, 4) is 5.75 Å². The molecule has 0 unspecified atom stereocenters. The van der Waals surface area contributed by atoms with Crippen LogP contribution in [0.2, 0.25) is 0 Å². The van der Waals surface area contributed by atoms with E-state index in [2.05, 4.69) is 0 Å². The fourth-order valence-electron chi connectivity index (χ4n) is 2.54. The zero-order valence-electron chi connectivity index (χ0n) is 9.99. The molecule has 0 spiro atoms. The van der Waals surface area contributed by atoms with Crippen LogP contribution in [0.5, 0.6) is 5.75 Å². The van der Waals surface area contributed by atoms with E-state index in [1.54, 1.807) is 13.2 Å². The lowest BCUT2D eigenvalue weighted by molar-refractivity contribution is 0.383. The molecule has 1 saturated carbocycles. The van der Waals surface area contributed by atoms with E-state index in [1.165, 1.54) is 25.0 Å². The quantitative estimate of drug-likeness (QED) is 0.902. The van der Waals surface area contributed by atoms with Gasteiger partial charge in [0.2, 0.25) is 0 Å². The van der Waals surface area contributed by atoms with Gasteiger partial charge in [0.1, 0.15) is 11.6 Å². The lowest BCUT2D eigenvalue weighted by Crippen LogP contribution is -2.20. The predicted octanol–water partition coefficient (Wildman–Crippen LogP) is 3.45. The van der Waals surface area contributed by atoms with E-state index >= 15 is 0 Å². The van der Waals surface area contributed by atoms with E-state index in [0.717, 1.165) is 18.4 Å². The van der Waals surface area contributed by atoms with Crippen LogP contribution in [-0.4, -0.2) is 7.11 Å². The fourth-order valence-corrected chi connectivity index (χ4v) is 2.54. The van der Waals surface area contributed by atoms with Crippen LogP contribution < -0.4 is 10.5 Å². The molecule has 4 heteroatoms. The maximum Gasteiger partial charge on any atom is 0.123 e. The highest BCUT2D eigenvalue weighted by atomic mass is 35.5. The van der Waals surface area contributed by atoms with Crippen molar-refractivity contribution in [2.45, 2.75) is 31.7 Å². The normalized spacial score (nSPS) is 17.6. The molecule has 0 amide bonds. The van der Waals surface area contributed by atoms with Crippen molar-refractivity contribution in [1.29, 1.82) is 0 Å². The minimum Gasteiger partial charge on any atom is -0.496 e. The van der Waals surface area contributed by atoms with Gasteiger partial charge < -0.3 is 10.5 Å². The third-order valence-electron chi connectivity index (χ3n) is 3.46. The van der Waals surface area contributed by atoms with Crippen molar-refractivity contribution in [1.82, 2.24) is 0 Å². The molecule has 1 fully saturated rings. The summed E-state index contributed by atoms with van der Waals surface area (Å²) in [4.78, 5) is 0. The van der Waals surface area contributed by atoms with Crippen LogP contribution in [0.1, 0.15) is 37.3 Å². The minimum atomic E-state index is -0.246. The lowest BCUT2D eigenvalue weighted by Gasteiger charge is -2.21. The Labute approximate surface area is 108 Å². The first-order valence-electron chi connectivity index (χ1n) is 5.81. The Kier molecular flexibility index (Phi) is 5.22. The van der Waals surface area contributed by atoms with Gasteiger partial charge in [-0.25, -0.2) is 4.39 Å². The van der Waals surface area contributed by atoms with E-state index in [1.807, 2.05) is 0 Å². The van der Waals surface area contributed by atoms with E-state index in [4.69, 9.17) is 10.5 Å². The smallest absolute Gasteiger partial charge is 0.123 e. The fraction of sp³-hybridized carbons (Fsp3) is 0.538. The number of ether oxygens (including phenoxy) is 1. The van der Waals surface area contributed by atoms with Crippen LogP contribution in [-0.2, 0) is 0 Å². The van der Waals surface area contributed by atoms with Gasteiger partial charge in [0.15, 0.2) is 0 Å². The Bertz CT molecular complexity index is 366. The number of halogens is 2. The highest BCUT2D eigenvalue weighted by Crippen LogP contribution is 2.37. The van der Waals surface area contributed by atoms with Crippen LogP contribution >= 0.6 is 12.4 Å². The van der Waals surface area contributed by atoms with E-state index in [-0.39, 0.29) is 24.3 Å². The first-order chi connectivity index (χ1) is 7.72. The van der Waals surface area contributed by atoms with Crippen molar-refractivity contribution in [2.24, 2.45) is 11.7 Å². The minimum absolute atomic E-state index is 0. The van der Waals surface area contributed by atoms with Gasteiger partial charge >= 0.3 is 0 Å². The third-order valence-corrected chi connectivity index (χ3v) is 3.46. The Morgan fingerprint density at radius 2 is 2.00 bits per heavy atom. The molecule has 1 aliphatic rings. The Hall–Kier alpha value is -0.800. The maximum atomic E-state index is 13.2. The zero-order chi connectivity index (χ0) is 11.5. The zero-order valence-corrected chi connectivity index (χ0v) is 10.8. The number of methoxy groups -OCH3 is 1. The summed E-state index contributed by atoms with van der Waals surface area (Å²) >= 11 is 0. The Balaban J connectivity index is 0.00000144. The van der Waals surface area contributed by atoms with Crippen LogP contribution in [0, 0.1) is 11.7 Å². The standard InChI is InChI=1S/C13H18FNO.ClH/c1-16-12-7-6-10(14)8-11(12)13(15)9-4-2-3-5-9;/h6-9,13H,2-5,15H2,1H3;1H/t13-;/m1./s1. The number of nitrogens with two attached hydrogens (primary N) is 1. The number of hydrogen-bond acceptors (Lipinski definition) is 2. The van der Waals surface area contributed by atoms with Crippen LogP contribution in [0.15, 0.2) is 18.2 Å². The molecule has 2 nitrogen and oxygen atoms in total. The largest absolute Gasteiger partial charge is 0.496 e. The summed E-state index contributed by atoms with van der Waals surface area (Å²) in [5.41, 5.74) is 7.00. The molecule has 1 atom stereocenters. The molecule has 0 aliphatic heterocycles. The molecule has 96 valence electrons. The number of benzene rings is 1. The summed E-state index contributed by atoms with van der Waals surface area (Å²) in [5, 5.41) is 0. The van der Waals surface area contributed by atoms with Crippen molar-refractivity contribution < 1.29 is 9.13 Å². The summed E-state index contributed by atoms with van der Waals surface area (Å²) in [7, 11) is 1.60. The highest BCUT2D eigenvalue weighted by molar-refractivity contribution is 5.85. The Morgan fingerprint density at radius 1 is 1.35 bits per heavy atom. The Morgan fingerprint density at radius 3 is 2.59 bits per heavy atom. The number of hydrogen-bond donors (Lipinski definition) is 1. The van der Waals surface area contributed by atoms with Gasteiger partial charge in [0, 0.05) is 11.6 Å². The van der Waals surface area contributed by atoms with Crippen molar-refractivity contribution in [3.63, 3.8) is 0 Å². The van der Waals surface area contributed by atoms with Gasteiger partial charge in [-0.3, -0.25) is 0 Å². The van der Waals surface area contributed by atoms with E-state index < -0.39 is 0 Å². The van der Waals surface area contributed by atoms with Crippen molar-refractivity contribution in [2.75, 3.05) is 7.11 Å². The third kappa shape index (κ3) is 3.11. The second kappa shape index (κ2) is 6.22. The molecule has 0 saturated heterocycles.